The zero-order valence-corrected chi connectivity index (χ0v) is 12.8. The van der Waals surface area contributed by atoms with Gasteiger partial charge in [-0.2, -0.15) is 4.98 Å². The Morgan fingerprint density at radius 1 is 1.26 bits per heavy atom. The largest absolute Gasteiger partial charge is 0.339 e. The summed E-state index contributed by atoms with van der Waals surface area (Å²) in [6.07, 6.45) is 0. The predicted molar refractivity (Wildman–Crippen MR) is 75.2 cm³/mol. The van der Waals surface area contributed by atoms with Crippen molar-refractivity contribution < 1.29 is 4.52 Å². The lowest BCUT2D eigenvalue weighted by atomic mass is 9.98. The van der Waals surface area contributed by atoms with Gasteiger partial charge in [-0.25, -0.2) is 4.98 Å². The van der Waals surface area contributed by atoms with Crippen molar-refractivity contribution in [2.45, 2.75) is 52.0 Å². The summed E-state index contributed by atoms with van der Waals surface area (Å²) < 4.78 is 5.18. The van der Waals surface area contributed by atoms with Crippen molar-refractivity contribution in [1.82, 2.24) is 15.1 Å². The minimum Gasteiger partial charge on any atom is -0.339 e. The predicted octanol–water partition coefficient (Wildman–Crippen LogP) is 3.00. The van der Waals surface area contributed by atoms with Crippen molar-refractivity contribution in [2.24, 2.45) is 5.73 Å². The van der Waals surface area contributed by atoms with Gasteiger partial charge in [-0.1, -0.05) is 39.8 Å². The van der Waals surface area contributed by atoms with Gasteiger partial charge in [0.25, 0.3) is 0 Å². The summed E-state index contributed by atoms with van der Waals surface area (Å²) in [5.41, 5.74) is 6.97. The van der Waals surface area contributed by atoms with Gasteiger partial charge >= 0.3 is 0 Å². The fraction of sp³-hybridized carbons (Fsp3) is 0.615. The first-order chi connectivity index (χ1) is 8.79. The minimum atomic E-state index is -0.427. The lowest BCUT2D eigenvalue weighted by Gasteiger charge is -2.13. The molecule has 2 rings (SSSR count). The lowest BCUT2D eigenvalue weighted by Crippen LogP contribution is -2.16. The summed E-state index contributed by atoms with van der Waals surface area (Å²) in [4.78, 5) is 8.90. The van der Waals surface area contributed by atoms with Crippen molar-refractivity contribution in [3.05, 3.63) is 27.8 Å². The highest BCUT2D eigenvalue weighted by Crippen LogP contribution is 2.28. The minimum absolute atomic E-state index is 0.0307. The van der Waals surface area contributed by atoms with Crippen LogP contribution >= 0.6 is 11.3 Å². The Morgan fingerprint density at radius 3 is 2.42 bits per heavy atom. The summed E-state index contributed by atoms with van der Waals surface area (Å²) in [7, 11) is 0. The van der Waals surface area contributed by atoms with Crippen LogP contribution in [0.4, 0.5) is 0 Å². The van der Waals surface area contributed by atoms with E-state index in [9.17, 15) is 0 Å². The third kappa shape index (κ3) is 3.01. The molecule has 2 aromatic rings. The van der Waals surface area contributed by atoms with Crippen molar-refractivity contribution >= 4 is 11.3 Å². The van der Waals surface area contributed by atoms with Crippen LogP contribution in [0.3, 0.4) is 0 Å². The fourth-order valence-electron chi connectivity index (χ4n) is 1.51. The van der Waals surface area contributed by atoms with Gasteiger partial charge in [0.15, 0.2) is 5.82 Å². The number of thiazole rings is 1. The van der Waals surface area contributed by atoms with Crippen molar-refractivity contribution in [3.8, 4) is 0 Å². The molecule has 0 aromatic carbocycles. The van der Waals surface area contributed by atoms with Crippen LogP contribution in [0.25, 0.3) is 0 Å². The Morgan fingerprint density at radius 2 is 1.95 bits per heavy atom. The van der Waals surface area contributed by atoms with Crippen LogP contribution in [0.1, 0.15) is 69.0 Å². The molecule has 2 aromatic heterocycles. The third-order valence-electron chi connectivity index (χ3n) is 2.71. The third-order valence-corrected chi connectivity index (χ3v) is 4.00. The maximum absolute atomic E-state index is 6.15. The van der Waals surface area contributed by atoms with E-state index < -0.39 is 6.04 Å². The Hall–Kier alpha value is -1.27. The molecule has 0 radical (unpaired) electrons. The molecule has 0 spiro atoms. The number of hydrogen-bond acceptors (Lipinski definition) is 6. The number of nitrogens with zero attached hydrogens (tertiary/aromatic N) is 3. The van der Waals surface area contributed by atoms with Gasteiger partial charge in [0.2, 0.25) is 5.89 Å². The van der Waals surface area contributed by atoms with Crippen molar-refractivity contribution in [1.29, 1.82) is 0 Å². The van der Waals surface area contributed by atoms with E-state index in [0.29, 0.717) is 11.7 Å². The molecule has 6 heteroatoms. The standard InChI is InChI=1S/C13H20N4OS/c1-7(2)11-16-10(17-18-11)9(14)8-6-19-12(15-8)13(3,4)5/h6-7,9H,14H2,1-5H3. The first-order valence-corrected chi connectivity index (χ1v) is 7.22. The van der Waals surface area contributed by atoms with Crippen LogP contribution in [0.15, 0.2) is 9.90 Å². The molecule has 2 N–H and O–H groups in total. The van der Waals surface area contributed by atoms with Crippen LogP contribution in [0.5, 0.6) is 0 Å². The Labute approximate surface area is 117 Å². The SMILES string of the molecule is CC(C)c1nc(C(N)c2csc(C(C)(C)C)n2)no1. The van der Waals surface area contributed by atoms with Gasteiger partial charge in [-0.05, 0) is 0 Å². The Kier molecular flexibility index (Phi) is 3.73. The summed E-state index contributed by atoms with van der Waals surface area (Å²) in [5, 5.41) is 6.97. The van der Waals surface area contributed by atoms with E-state index in [1.54, 1.807) is 11.3 Å². The van der Waals surface area contributed by atoms with Crippen LogP contribution in [0, 0.1) is 0 Å². The smallest absolute Gasteiger partial charge is 0.229 e. The van der Waals surface area contributed by atoms with Gasteiger partial charge in [0.1, 0.15) is 6.04 Å². The molecule has 2 heterocycles. The molecule has 0 saturated carbocycles. The molecule has 0 bridgehead atoms. The molecule has 1 unspecified atom stereocenters. The van der Waals surface area contributed by atoms with E-state index in [0.717, 1.165) is 10.7 Å². The molecule has 0 saturated heterocycles. The maximum Gasteiger partial charge on any atom is 0.229 e. The highest BCUT2D eigenvalue weighted by molar-refractivity contribution is 7.09. The monoisotopic (exact) mass is 280 g/mol. The van der Waals surface area contributed by atoms with Gasteiger partial charge in [-0.3, -0.25) is 0 Å². The molecule has 0 aliphatic heterocycles. The number of nitrogens with two attached hydrogens (primary N) is 1. The molecule has 1 atom stereocenters. The summed E-state index contributed by atoms with van der Waals surface area (Å²) in [6.45, 7) is 10.4. The molecule has 0 fully saturated rings. The van der Waals surface area contributed by atoms with Crippen molar-refractivity contribution in [3.63, 3.8) is 0 Å². The van der Waals surface area contributed by atoms with E-state index in [-0.39, 0.29) is 11.3 Å². The Balaban J connectivity index is 2.23. The van der Waals surface area contributed by atoms with E-state index in [4.69, 9.17) is 10.3 Å². The number of aromatic nitrogens is 3. The molecular weight excluding hydrogens is 260 g/mol. The molecule has 0 aliphatic carbocycles. The number of rotatable bonds is 3. The highest BCUT2D eigenvalue weighted by atomic mass is 32.1. The van der Waals surface area contributed by atoms with Gasteiger partial charge in [0, 0.05) is 16.7 Å². The molecule has 5 nitrogen and oxygen atoms in total. The molecule has 104 valence electrons. The van der Waals surface area contributed by atoms with Gasteiger partial charge < -0.3 is 10.3 Å². The zero-order valence-electron chi connectivity index (χ0n) is 12.0. The van der Waals surface area contributed by atoms with Crippen LogP contribution in [0.2, 0.25) is 0 Å². The highest BCUT2D eigenvalue weighted by Gasteiger charge is 2.23. The molecule has 0 aliphatic rings. The molecular formula is C13H20N4OS. The first kappa shape index (κ1) is 14.1. The van der Waals surface area contributed by atoms with Crippen LogP contribution < -0.4 is 5.73 Å². The quantitative estimate of drug-likeness (QED) is 0.935. The second-order valence-corrected chi connectivity index (χ2v) is 6.81. The number of hydrogen-bond donors (Lipinski definition) is 1. The average molecular weight is 280 g/mol. The second-order valence-electron chi connectivity index (χ2n) is 5.95. The first-order valence-electron chi connectivity index (χ1n) is 6.34. The van der Waals surface area contributed by atoms with E-state index >= 15 is 0 Å². The van der Waals surface area contributed by atoms with Gasteiger partial charge in [0.05, 0.1) is 10.7 Å². The lowest BCUT2D eigenvalue weighted by molar-refractivity contribution is 0.359. The summed E-state index contributed by atoms with van der Waals surface area (Å²) >= 11 is 1.62. The van der Waals surface area contributed by atoms with Crippen molar-refractivity contribution in [2.75, 3.05) is 0 Å². The van der Waals surface area contributed by atoms with E-state index in [1.165, 1.54) is 0 Å². The second kappa shape index (κ2) is 5.02. The average Bonchev–Trinajstić information content (AvgIpc) is 2.97. The molecule has 0 amide bonds. The molecule has 19 heavy (non-hydrogen) atoms. The van der Waals surface area contributed by atoms with Crippen LogP contribution in [-0.2, 0) is 5.41 Å². The Bertz CT molecular complexity index is 553. The normalized spacial score (nSPS) is 14.1. The topological polar surface area (TPSA) is 77.8 Å². The van der Waals surface area contributed by atoms with E-state index in [1.807, 2.05) is 19.2 Å². The zero-order chi connectivity index (χ0) is 14.2. The van der Waals surface area contributed by atoms with E-state index in [2.05, 4.69) is 35.9 Å². The summed E-state index contributed by atoms with van der Waals surface area (Å²) in [6, 6.07) is -0.427. The maximum atomic E-state index is 6.15. The summed E-state index contributed by atoms with van der Waals surface area (Å²) in [5.74, 6) is 1.31. The van der Waals surface area contributed by atoms with Gasteiger partial charge in [-0.15, -0.1) is 11.3 Å². The van der Waals surface area contributed by atoms with Crippen LogP contribution in [-0.4, -0.2) is 15.1 Å². The fourth-order valence-corrected chi connectivity index (χ4v) is 2.46.